The van der Waals surface area contributed by atoms with Crippen molar-refractivity contribution in [3.63, 3.8) is 0 Å². The first kappa shape index (κ1) is 7.65. The molecule has 1 aromatic rings. The molecule has 1 heterocycles. The Bertz CT molecular complexity index is 335. The van der Waals surface area contributed by atoms with Crippen molar-refractivity contribution in [2.75, 3.05) is 0 Å². The Morgan fingerprint density at radius 2 is 2.00 bits per heavy atom. The predicted octanol–water partition coefficient (Wildman–Crippen LogP) is 0.982. The molecule has 0 unspecified atom stereocenters. The van der Waals surface area contributed by atoms with Crippen LogP contribution in [0.15, 0.2) is 4.79 Å². The molecule has 0 bridgehead atoms. The molecule has 0 radical (unpaired) electrons. The van der Waals surface area contributed by atoms with Crippen molar-refractivity contribution < 1.29 is 0 Å². The van der Waals surface area contributed by atoms with E-state index in [9.17, 15) is 4.79 Å². The highest BCUT2D eigenvalue weighted by molar-refractivity contribution is 5.18. The van der Waals surface area contributed by atoms with Gasteiger partial charge in [0.1, 0.15) is 0 Å². The fraction of sp³-hybridized carbons (Fsp3) is 0.667. The van der Waals surface area contributed by atoms with E-state index in [4.69, 9.17) is 0 Å². The molecule has 0 fully saturated rings. The summed E-state index contributed by atoms with van der Waals surface area (Å²) in [6.45, 7) is 0. The Morgan fingerprint density at radius 3 is 2.83 bits per heavy atom. The van der Waals surface area contributed by atoms with Crippen LogP contribution < -0.4 is 5.56 Å². The summed E-state index contributed by atoms with van der Waals surface area (Å²) in [7, 11) is 1.79. The number of hydrogen-bond acceptors (Lipinski definition) is 1. The van der Waals surface area contributed by atoms with Crippen LogP contribution in [-0.2, 0) is 19.9 Å². The molecule has 12 heavy (non-hydrogen) atoms. The molecule has 0 atom stereocenters. The van der Waals surface area contributed by atoms with Crippen molar-refractivity contribution in [1.29, 1.82) is 0 Å². The van der Waals surface area contributed by atoms with Crippen molar-refractivity contribution in [3.8, 4) is 0 Å². The molecule has 1 N–H and O–H groups in total. The zero-order chi connectivity index (χ0) is 8.55. The van der Waals surface area contributed by atoms with E-state index in [0.717, 1.165) is 18.4 Å². The lowest BCUT2D eigenvalue weighted by Crippen LogP contribution is -2.15. The third-order valence-electron chi connectivity index (χ3n) is 2.58. The van der Waals surface area contributed by atoms with Crippen LogP contribution in [0.25, 0.3) is 0 Å². The minimum Gasteiger partial charge on any atom is -0.300 e. The number of fused-ring (bicyclic) bond motifs is 1. The number of aryl methyl sites for hydroxylation is 2. The standard InChI is InChI=1S/C9H14N2O/c1-11-9(12)7-5-3-2-4-6-8(7)10-11/h10H,2-6H2,1H3. The van der Waals surface area contributed by atoms with Gasteiger partial charge in [0.15, 0.2) is 0 Å². The molecule has 0 spiro atoms. The molecule has 0 aromatic carbocycles. The molecule has 0 saturated carbocycles. The molecule has 66 valence electrons. The molecule has 3 heteroatoms. The van der Waals surface area contributed by atoms with Crippen molar-refractivity contribution in [1.82, 2.24) is 9.78 Å². The Morgan fingerprint density at radius 1 is 1.25 bits per heavy atom. The van der Waals surface area contributed by atoms with E-state index in [1.165, 1.54) is 25.0 Å². The van der Waals surface area contributed by atoms with Gasteiger partial charge < -0.3 is 0 Å². The van der Waals surface area contributed by atoms with Crippen LogP contribution in [-0.4, -0.2) is 9.78 Å². The first-order chi connectivity index (χ1) is 5.79. The van der Waals surface area contributed by atoms with Crippen LogP contribution in [0.5, 0.6) is 0 Å². The monoisotopic (exact) mass is 166 g/mol. The first-order valence-corrected chi connectivity index (χ1v) is 4.56. The van der Waals surface area contributed by atoms with Crippen LogP contribution in [0, 0.1) is 0 Å². The molecule has 1 aliphatic rings. The van der Waals surface area contributed by atoms with Crippen LogP contribution >= 0.6 is 0 Å². The number of aromatic nitrogens is 2. The summed E-state index contributed by atoms with van der Waals surface area (Å²) in [4.78, 5) is 11.5. The van der Waals surface area contributed by atoms with E-state index in [1.54, 1.807) is 11.7 Å². The average molecular weight is 166 g/mol. The van der Waals surface area contributed by atoms with Gasteiger partial charge in [-0.05, 0) is 25.7 Å². The van der Waals surface area contributed by atoms with Gasteiger partial charge in [-0.3, -0.25) is 14.6 Å². The smallest absolute Gasteiger partial charge is 0.269 e. The van der Waals surface area contributed by atoms with E-state index in [-0.39, 0.29) is 5.56 Å². The number of aromatic amines is 1. The second kappa shape index (κ2) is 2.81. The largest absolute Gasteiger partial charge is 0.300 e. The minimum atomic E-state index is 0.173. The summed E-state index contributed by atoms with van der Waals surface area (Å²) in [6.07, 6.45) is 5.65. The lowest BCUT2D eigenvalue weighted by Gasteiger charge is -1.92. The van der Waals surface area contributed by atoms with Crippen LogP contribution in [0.2, 0.25) is 0 Å². The topological polar surface area (TPSA) is 37.8 Å². The predicted molar refractivity (Wildman–Crippen MR) is 47.3 cm³/mol. The molecule has 1 aliphatic carbocycles. The summed E-state index contributed by atoms with van der Waals surface area (Å²) in [6, 6.07) is 0. The Labute approximate surface area is 71.4 Å². The molecule has 2 rings (SSSR count). The summed E-state index contributed by atoms with van der Waals surface area (Å²) in [5, 5.41) is 3.11. The number of H-pyrrole nitrogens is 1. The molecular formula is C9H14N2O. The lowest BCUT2D eigenvalue weighted by molar-refractivity contribution is 0.667. The summed E-state index contributed by atoms with van der Waals surface area (Å²) >= 11 is 0. The highest BCUT2D eigenvalue weighted by atomic mass is 16.1. The summed E-state index contributed by atoms with van der Waals surface area (Å²) < 4.78 is 1.59. The van der Waals surface area contributed by atoms with Crippen molar-refractivity contribution in [2.24, 2.45) is 7.05 Å². The molecule has 0 aliphatic heterocycles. The van der Waals surface area contributed by atoms with Crippen molar-refractivity contribution in [3.05, 3.63) is 21.6 Å². The number of nitrogens with one attached hydrogen (secondary N) is 1. The maximum atomic E-state index is 11.5. The average Bonchev–Trinajstić information content (AvgIpc) is 2.30. The second-order valence-corrected chi connectivity index (χ2v) is 3.49. The third kappa shape index (κ3) is 1.09. The van der Waals surface area contributed by atoms with Gasteiger partial charge in [-0.2, -0.15) is 0 Å². The van der Waals surface area contributed by atoms with Crippen molar-refractivity contribution in [2.45, 2.75) is 32.1 Å². The van der Waals surface area contributed by atoms with Gasteiger partial charge in [-0.25, -0.2) is 0 Å². The Balaban J connectivity index is 2.49. The van der Waals surface area contributed by atoms with E-state index < -0.39 is 0 Å². The lowest BCUT2D eigenvalue weighted by atomic mass is 10.1. The Hall–Kier alpha value is -0.990. The van der Waals surface area contributed by atoms with Crippen LogP contribution in [0.4, 0.5) is 0 Å². The van der Waals surface area contributed by atoms with Gasteiger partial charge in [0.05, 0.1) is 0 Å². The van der Waals surface area contributed by atoms with Crippen LogP contribution in [0.3, 0.4) is 0 Å². The van der Waals surface area contributed by atoms with E-state index in [2.05, 4.69) is 5.10 Å². The Kier molecular flexibility index (Phi) is 1.79. The molecular weight excluding hydrogens is 152 g/mol. The molecule has 0 amide bonds. The normalized spacial score (nSPS) is 17.1. The maximum absolute atomic E-state index is 11.5. The number of nitrogens with zero attached hydrogens (tertiary/aromatic N) is 1. The van der Waals surface area contributed by atoms with Gasteiger partial charge >= 0.3 is 0 Å². The van der Waals surface area contributed by atoms with Gasteiger partial charge in [0, 0.05) is 18.3 Å². The van der Waals surface area contributed by atoms with Gasteiger partial charge in [0.25, 0.3) is 5.56 Å². The van der Waals surface area contributed by atoms with Gasteiger partial charge in [-0.15, -0.1) is 0 Å². The number of rotatable bonds is 0. The van der Waals surface area contributed by atoms with Crippen molar-refractivity contribution >= 4 is 0 Å². The second-order valence-electron chi connectivity index (χ2n) is 3.49. The zero-order valence-electron chi connectivity index (χ0n) is 7.39. The van der Waals surface area contributed by atoms with Gasteiger partial charge in [0.2, 0.25) is 0 Å². The first-order valence-electron chi connectivity index (χ1n) is 4.56. The van der Waals surface area contributed by atoms with E-state index in [1.807, 2.05) is 0 Å². The fourth-order valence-electron chi connectivity index (χ4n) is 1.90. The van der Waals surface area contributed by atoms with Gasteiger partial charge in [-0.1, -0.05) is 6.42 Å². The fourth-order valence-corrected chi connectivity index (χ4v) is 1.90. The molecule has 1 aromatic heterocycles. The molecule has 0 saturated heterocycles. The third-order valence-corrected chi connectivity index (χ3v) is 2.58. The quantitative estimate of drug-likeness (QED) is 0.573. The summed E-state index contributed by atoms with van der Waals surface area (Å²) in [5.41, 5.74) is 2.36. The SMILES string of the molecule is Cn1[nH]c2c(c1=O)CCCCC2. The minimum absolute atomic E-state index is 0.173. The highest BCUT2D eigenvalue weighted by Crippen LogP contribution is 2.15. The number of hydrogen-bond donors (Lipinski definition) is 1. The maximum Gasteiger partial charge on any atom is 0.269 e. The molecule has 3 nitrogen and oxygen atoms in total. The zero-order valence-corrected chi connectivity index (χ0v) is 7.39. The highest BCUT2D eigenvalue weighted by Gasteiger charge is 2.14. The van der Waals surface area contributed by atoms with Crippen LogP contribution in [0.1, 0.15) is 30.5 Å². The summed E-state index contributed by atoms with van der Waals surface area (Å²) in [5.74, 6) is 0. The van der Waals surface area contributed by atoms with E-state index in [0.29, 0.717) is 0 Å². The van der Waals surface area contributed by atoms with E-state index >= 15 is 0 Å².